The number of rotatable bonds is 4. The number of aliphatic carboxylic acids is 1. The summed E-state index contributed by atoms with van der Waals surface area (Å²) < 4.78 is 0. The molecule has 0 aromatic heterocycles. The van der Waals surface area contributed by atoms with Crippen LogP contribution < -0.4 is 5.32 Å². The Morgan fingerprint density at radius 1 is 1.32 bits per heavy atom. The van der Waals surface area contributed by atoms with Crippen LogP contribution in [0, 0.1) is 0 Å². The van der Waals surface area contributed by atoms with Crippen LogP contribution in [0.1, 0.15) is 32.1 Å². The SMILES string of the molecule is CNC1(C(=O)O)CCC(N(C)C2CCN(C)CC2)C1. The minimum absolute atomic E-state index is 0.400. The molecule has 0 aromatic carbocycles. The van der Waals surface area contributed by atoms with Crippen molar-refractivity contribution in [1.82, 2.24) is 15.1 Å². The summed E-state index contributed by atoms with van der Waals surface area (Å²) in [6.45, 7) is 2.30. The Morgan fingerprint density at radius 3 is 2.42 bits per heavy atom. The molecule has 5 heteroatoms. The van der Waals surface area contributed by atoms with E-state index in [0.29, 0.717) is 12.1 Å². The first-order valence-electron chi connectivity index (χ1n) is 7.31. The number of nitrogens with one attached hydrogen (secondary N) is 1. The second-order valence-corrected chi connectivity index (χ2v) is 6.23. The Hall–Kier alpha value is -0.650. The van der Waals surface area contributed by atoms with Crippen LogP contribution in [0.2, 0.25) is 0 Å². The van der Waals surface area contributed by atoms with Gasteiger partial charge in [-0.3, -0.25) is 4.79 Å². The molecule has 0 bridgehead atoms. The second kappa shape index (κ2) is 5.77. The third kappa shape index (κ3) is 2.93. The number of nitrogens with zero attached hydrogens (tertiary/aromatic N) is 2. The van der Waals surface area contributed by atoms with E-state index in [1.807, 2.05) is 0 Å². The highest BCUT2D eigenvalue weighted by molar-refractivity contribution is 5.79. The number of likely N-dealkylation sites (tertiary alicyclic amines) is 1. The van der Waals surface area contributed by atoms with Crippen LogP contribution in [0.5, 0.6) is 0 Å². The summed E-state index contributed by atoms with van der Waals surface area (Å²) in [5.74, 6) is -0.700. The maximum Gasteiger partial charge on any atom is 0.323 e. The maximum absolute atomic E-state index is 11.5. The summed E-state index contributed by atoms with van der Waals surface area (Å²) in [7, 11) is 6.11. The number of carboxylic acids is 1. The van der Waals surface area contributed by atoms with E-state index in [2.05, 4.69) is 29.2 Å². The van der Waals surface area contributed by atoms with E-state index in [9.17, 15) is 9.90 Å². The molecule has 1 aliphatic heterocycles. The van der Waals surface area contributed by atoms with Crippen molar-refractivity contribution in [3.8, 4) is 0 Å². The summed E-state index contributed by atoms with van der Waals surface area (Å²) in [4.78, 5) is 16.3. The largest absolute Gasteiger partial charge is 0.480 e. The van der Waals surface area contributed by atoms with Gasteiger partial charge in [0.1, 0.15) is 5.54 Å². The van der Waals surface area contributed by atoms with E-state index < -0.39 is 11.5 Å². The predicted octanol–water partition coefficient (Wildman–Crippen LogP) is 0.608. The molecular weight excluding hydrogens is 242 g/mol. The Balaban J connectivity index is 1.94. The zero-order valence-corrected chi connectivity index (χ0v) is 12.4. The molecule has 0 amide bonds. The van der Waals surface area contributed by atoms with E-state index in [1.165, 1.54) is 12.8 Å². The van der Waals surface area contributed by atoms with Gasteiger partial charge in [-0.2, -0.15) is 0 Å². The van der Waals surface area contributed by atoms with Gasteiger partial charge in [0.15, 0.2) is 0 Å². The second-order valence-electron chi connectivity index (χ2n) is 6.23. The molecule has 2 rings (SSSR count). The smallest absolute Gasteiger partial charge is 0.323 e. The highest BCUT2D eigenvalue weighted by Gasteiger charge is 2.46. The first-order chi connectivity index (χ1) is 8.98. The molecule has 1 aliphatic carbocycles. The van der Waals surface area contributed by atoms with Gasteiger partial charge < -0.3 is 20.2 Å². The quantitative estimate of drug-likeness (QED) is 0.783. The number of hydrogen-bond acceptors (Lipinski definition) is 4. The highest BCUT2D eigenvalue weighted by atomic mass is 16.4. The van der Waals surface area contributed by atoms with Gasteiger partial charge in [-0.15, -0.1) is 0 Å². The molecule has 1 saturated carbocycles. The Bertz CT molecular complexity index is 329. The zero-order chi connectivity index (χ0) is 14.0. The fraction of sp³-hybridized carbons (Fsp3) is 0.929. The van der Waals surface area contributed by atoms with Crippen molar-refractivity contribution < 1.29 is 9.90 Å². The van der Waals surface area contributed by atoms with Crippen molar-refractivity contribution >= 4 is 5.97 Å². The Morgan fingerprint density at radius 2 is 1.95 bits per heavy atom. The van der Waals surface area contributed by atoms with Crippen LogP contribution in [-0.2, 0) is 4.79 Å². The molecule has 110 valence electrons. The highest BCUT2D eigenvalue weighted by Crippen LogP contribution is 2.34. The number of piperidine rings is 1. The van der Waals surface area contributed by atoms with Crippen molar-refractivity contribution in [3.63, 3.8) is 0 Å². The van der Waals surface area contributed by atoms with Gasteiger partial charge in [-0.1, -0.05) is 0 Å². The van der Waals surface area contributed by atoms with Gasteiger partial charge >= 0.3 is 5.97 Å². The molecular formula is C14H27N3O2. The average Bonchev–Trinajstić information content (AvgIpc) is 2.84. The molecule has 5 nitrogen and oxygen atoms in total. The minimum atomic E-state index is -0.704. The summed E-state index contributed by atoms with van der Waals surface area (Å²) >= 11 is 0. The fourth-order valence-corrected chi connectivity index (χ4v) is 3.60. The van der Waals surface area contributed by atoms with Crippen LogP contribution in [0.15, 0.2) is 0 Å². The number of carbonyl (C=O) groups is 1. The van der Waals surface area contributed by atoms with E-state index in [-0.39, 0.29) is 0 Å². The standard InChI is InChI=1S/C14H27N3O2/c1-15-14(13(18)19)7-4-12(10-14)17(3)11-5-8-16(2)9-6-11/h11-12,15H,4-10H2,1-3H3,(H,18,19). The number of carboxylic acid groups (broad SMARTS) is 1. The van der Waals surface area contributed by atoms with Crippen molar-refractivity contribution in [2.75, 3.05) is 34.2 Å². The zero-order valence-electron chi connectivity index (χ0n) is 12.4. The Kier molecular flexibility index (Phi) is 4.48. The normalized spacial score (nSPS) is 34.0. The van der Waals surface area contributed by atoms with Crippen molar-refractivity contribution in [1.29, 1.82) is 0 Å². The van der Waals surface area contributed by atoms with Crippen LogP contribution in [0.25, 0.3) is 0 Å². The third-order valence-electron chi connectivity index (χ3n) is 5.22. The minimum Gasteiger partial charge on any atom is -0.480 e. The molecule has 2 N–H and O–H groups in total. The monoisotopic (exact) mass is 269 g/mol. The molecule has 2 fully saturated rings. The topological polar surface area (TPSA) is 55.8 Å². The summed E-state index contributed by atoms with van der Waals surface area (Å²) in [5.41, 5.74) is -0.704. The van der Waals surface area contributed by atoms with E-state index in [1.54, 1.807) is 7.05 Å². The van der Waals surface area contributed by atoms with Gasteiger partial charge in [-0.25, -0.2) is 0 Å². The lowest BCUT2D eigenvalue weighted by Gasteiger charge is -2.38. The molecule has 2 aliphatic rings. The van der Waals surface area contributed by atoms with E-state index in [4.69, 9.17) is 0 Å². The van der Waals surface area contributed by atoms with Crippen LogP contribution in [0.3, 0.4) is 0 Å². The molecule has 2 atom stereocenters. The first-order valence-corrected chi connectivity index (χ1v) is 7.31. The van der Waals surface area contributed by atoms with E-state index >= 15 is 0 Å². The lowest BCUT2D eigenvalue weighted by molar-refractivity contribution is -0.144. The lowest BCUT2D eigenvalue weighted by Crippen LogP contribution is -2.51. The molecule has 0 spiro atoms. The molecule has 19 heavy (non-hydrogen) atoms. The summed E-state index contributed by atoms with van der Waals surface area (Å²) in [6, 6.07) is 1.01. The maximum atomic E-state index is 11.5. The Labute approximate surface area is 115 Å². The van der Waals surface area contributed by atoms with Gasteiger partial charge in [0.05, 0.1) is 0 Å². The third-order valence-corrected chi connectivity index (χ3v) is 5.22. The lowest BCUT2D eigenvalue weighted by atomic mass is 9.96. The van der Waals surface area contributed by atoms with Crippen LogP contribution in [0.4, 0.5) is 0 Å². The fourth-order valence-electron chi connectivity index (χ4n) is 3.60. The van der Waals surface area contributed by atoms with Gasteiger partial charge in [0.2, 0.25) is 0 Å². The number of hydrogen-bond donors (Lipinski definition) is 2. The first kappa shape index (κ1) is 14.8. The molecule has 0 radical (unpaired) electrons. The van der Waals surface area contributed by atoms with E-state index in [0.717, 1.165) is 32.4 Å². The molecule has 1 saturated heterocycles. The van der Waals surface area contributed by atoms with Crippen molar-refractivity contribution in [2.45, 2.75) is 49.7 Å². The van der Waals surface area contributed by atoms with Crippen molar-refractivity contribution in [2.24, 2.45) is 0 Å². The molecule has 2 unspecified atom stereocenters. The summed E-state index contributed by atoms with van der Waals surface area (Å²) in [6.07, 6.45) is 4.84. The van der Waals surface area contributed by atoms with Crippen LogP contribution in [-0.4, -0.2) is 72.7 Å². The average molecular weight is 269 g/mol. The molecule has 0 aromatic rings. The van der Waals surface area contributed by atoms with Gasteiger partial charge in [0.25, 0.3) is 0 Å². The number of likely N-dealkylation sites (N-methyl/N-ethyl adjacent to an activating group) is 1. The molecule has 1 heterocycles. The summed E-state index contributed by atoms with van der Waals surface area (Å²) in [5, 5.41) is 12.5. The van der Waals surface area contributed by atoms with Crippen molar-refractivity contribution in [3.05, 3.63) is 0 Å². The van der Waals surface area contributed by atoms with Gasteiger partial charge in [0, 0.05) is 12.1 Å². The van der Waals surface area contributed by atoms with Crippen LogP contribution >= 0.6 is 0 Å². The predicted molar refractivity (Wildman–Crippen MR) is 75.3 cm³/mol. The van der Waals surface area contributed by atoms with Gasteiger partial charge in [-0.05, 0) is 66.3 Å².